The number of nitrogens with one attached hydrogen (secondary N) is 1. The summed E-state index contributed by atoms with van der Waals surface area (Å²) in [6, 6.07) is 8.28. The van der Waals surface area contributed by atoms with E-state index in [-0.39, 0.29) is 0 Å². The lowest BCUT2D eigenvalue weighted by Crippen LogP contribution is -2.05. The van der Waals surface area contributed by atoms with Crippen LogP contribution in [0.1, 0.15) is 19.4 Å². The Morgan fingerprint density at radius 3 is 2.81 bits per heavy atom. The lowest BCUT2D eigenvalue weighted by molar-refractivity contribution is 1.03. The molecule has 21 heavy (non-hydrogen) atoms. The zero-order valence-corrected chi connectivity index (χ0v) is 12.3. The molecule has 2 heterocycles. The zero-order valence-electron chi connectivity index (χ0n) is 12.3. The van der Waals surface area contributed by atoms with Gasteiger partial charge in [0.25, 0.3) is 0 Å². The van der Waals surface area contributed by atoms with E-state index in [1.165, 1.54) is 5.39 Å². The average molecular weight is 278 g/mol. The third-order valence-electron chi connectivity index (χ3n) is 3.58. The van der Waals surface area contributed by atoms with Gasteiger partial charge in [-0.1, -0.05) is 25.1 Å². The molecular weight excluding hydrogens is 260 g/mol. The molecule has 106 valence electrons. The number of hydrogen-bond donors (Lipinski definition) is 1. The summed E-state index contributed by atoms with van der Waals surface area (Å²) >= 11 is 0. The van der Waals surface area contributed by atoms with Crippen LogP contribution in [0.2, 0.25) is 0 Å². The van der Waals surface area contributed by atoms with Gasteiger partial charge in [-0.15, -0.1) is 0 Å². The van der Waals surface area contributed by atoms with Crippen LogP contribution in [0.4, 0.5) is 5.82 Å². The number of anilines is 1. The second-order valence-electron chi connectivity index (χ2n) is 4.84. The monoisotopic (exact) mass is 278 g/mol. The van der Waals surface area contributed by atoms with Gasteiger partial charge in [-0.3, -0.25) is 4.98 Å². The van der Waals surface area contributed by atoms with Crippen molar-refractivity contribution < 1.29 is 0 Å². The summed E-state index contributed by atoms with van der Waals surface area (Å²) in [4.78, 5) is 13.2. The summed E-state index contributed by atoms with van der Waals surface area (Å²) in [5, 5.41) is 5.61. The van der Waals surface area contributed by atoms with Crippen LogP contribution in [-0.2, 0) is 6.42 Å². The number of fused-ring (bicyclic) bond motifs is 1. The first-order valence-electron chi connectivity index (χ1n) is 7.26. The highest BCUT2D eigenvalue weighted by Gasteiger charge is 2.13. The minimum Gasteiger partial charge on any atom is -0.370 e. The number of nitrogens with zero attached hydrogens (tertiary/aromatic N) is 3. The SMILES string of the molecule is CCNc1ncnc(-c2cccc3ccncc23)c1CC. The first-order valence-corrected chi connectivity index (χ1v) is 7.26. The molecular formula is C17H18N4. The third-order valence-corrected chi connectivity index (χ3v) is 3.58. The first-order chi connectivity index (χ1) is 10.3. The number of hydrogen-bond acceptors (Lipinski definition) is 4. The molecule has 4 nitrogen and oxygen atoms in total. The van der Waals surface area contributed by atoms with Crippen molar-refractivity contribution in [2.75, 3.05) is 11.9 Å². The summed E-state index contributed by atoms with van der Waals surface area (Å²) in [6.07, 6.45) is 6.23. The van der Waals surface area contributed by atoms with Crippen molar-refractivity contribution in [1.82, 2.24) is 15.0 Å². The topological polar surface area (TPSA) is 50.7 Å². The normalized spacial score (nSPS) is 10.8. The van der Waals surface area contributed by atoms with Crippen molar-refractivity contribution in [3.05, 3.63) is 48.5 Å². The molecule has 0 amide bonds. The molecule has 1 aromatic carbocycles. The number of rotatable bonds is 4. The second kappa shape index (κ2) is 5.87. The van der Waals surface area contributed by atoms with Crippen LogP contribution in [0.25, 0.3) is 22.0 Å². The molecule has 0 aliphatic heterocycles. The van der Waals surface area contributed by atoms with E-state index in [2.05, 4.69) is 52.3 Å². The zero-order chi connectivity index (χ0) is 14.7. The third kappa shape index (κ3) is 2.44. The van der Waals surface area contributed by atoms with E-state index < -0.39 is 0 Å². The average Bonchev–Trinajstić information content (AvgIpc) is 2.54. The molecule has 0 unspecified atom stereocenters. The van der Waals surface area contributed by atoms with Crippen molar-refractivity contribution in [3.8, 4) is 11.3 Å². The van der Waals surface area contributed by atoms with Crippen LogP contribution in [0.3, 0.4) is 0 Å². The largest absolute Gasteiger partial charge is 0.370 e. The molecule has 0 aliphatic carbocycles. The van der Waals surface area contributed by atoms with Crippen LogP contribution in [0.5, 0.6) is 0 Å². The highest BCUT2D eigenvalue weighted by atomic mass is 15.0. The van der Waals surface area contributed by atoms with E-state index in [9.17, 15) is 0 Å². The molecule has 0 fully saturated rings. The van der Waals surface area contributed by atoms with Crippen molar-refractivity contribution in [2.24, 2.45) is 0 Å². The van der Waals surface area contributed by atoms with Gasteiger partial charge in [0, 0.05) is 35.5 Å². The van der Waals surface area contributed by atoms with Gasteiger partial charge in [0.2, 0.25) is 0 Å². The first kappa shape index (κ1) is 13.5. The van der Waals surface area contributed by atoms with Crippen LogP contribution >= 0.6 is 0 Å². The van der Waals surface area contributed by atoms with Crippen LogP contribution in [-0.4, -0.2) is 21.5 Å². The molecule has 0 spiro atoms. The fourth-order valence-corrected chi connectivity index (χ4v) is 2.62. The predicted octanol–water partition coefficient (Wildman–Crippen LogP) is 3.69. The summed E-state index contributed by atoms with van der Waals surface area (Å²) in [6.45, 7) is 5.05. The Morgan fingerprint density at radius 2 is 2.00 bits per heavy atom. The number of benzene rings is 1. The van der Waals surface area contributed by atoms with E-state index in [0.717, 1.165) is 41.0 Å². The quantitative estimate of drug-likeness (QED) is 0.791. The van der Waals surface area contributed by atoms with Gasteiger partial charge >= 0.3 is 0 Å². The molecule has 1 N–H and O–H groups in total. The summed E-state index contributed by atoms with van der Waals surface area (Å²) < 4.78 is 0. The Bertz CT molecular complexity index is 762. The van der Waals surface area contributed by atoms with Crippen LogP contribution in [0.15, 0.2) is 43.0 Å². The lowest BCUT2D eigenvalue weighted by atomic mass is 9.99. The fourth-order valence-electron chi connectivity index (χ4n) is 2.62. The van der Waals surface area contributed by atoms with Gasteiger partial charge in [-0.05, 0) is 24.8 Å². The van der Waals surface area contributed by atoms with Gasteiger partial charge in [0.1, 0.15) is 12.1 Å². The van der Waals surface area contributed by atoms with Gasteiger partial charge in [0.05, 0.1) is 5.69 Å². The van der Waals surface area contributed by atoms with Crippen molar-refractivity contribution in [3.63, 3.8) is 0 Å². The number of aromatic nitrogens is 3. The molecule has 0 radical (unpaired) electrons. The minimum atomic E-state index is 0.848. The molecule has 3 aromatic rings. The van der Waals surface area contributed by atoms with E-state index in [1.54, 1.807) is 6.33 Å². The second-order valence-corrected chi connectivity index (χ2v) is 4.84. The molecule has 2 aromatic heterocycles. The Labute approximate surface area is 124 Å². The lowest BCUT2D eigenvalue weighted by Gasteiger charge is -2.13. The highest BCUT2D eigenvalue weighted by molar-refractivity contribution is 5.96. The molecule has 3 rings (SSSR count). The van der Waals surface area contributed by atoms with Gasteiger partial charge in [0.15, 0.2) is 0 Å². The molecule has 0 saturated heterocycles. The van der Waals surface area contributed by atoms with E-state index >= 15 is 0 Å². The maximum atomic E-state index is 4.53. The number of pyridine rings is 1. The summed E-state index contributed by atoms with van der Waals surface area (Å²) in [5.74, 6) is 0.922. The van der Waals surface area contributed by atoms with E-state index in [1.807, 2.05) is 18.5 Å². The van der Waals surface area contributed by atoms with Crippen molar-refractivity contribution in [1.29, 1.82) is 0 Å². The summed E-state index contributed by atoms with van der Waals surface area (Å²) in [7, 11) is 0. The fraction of sp³-hybridized carbons (Fsp3) is 0.235. The van der Waals surface area contributed by atoms with Crippen molar-refractivity contribution in [2.45, 2.75) is 20.3 Å². The Hall–Kier alpha value is -2.49. The molecule has 0 atom stereocenters. The van der Waals surface area contributed by atoms with Crippen LogP contribution < -0.4 is 5.32 Å². The Balaban J connectivity index is 2.25. The van der Waals surface area contributed by atoms with Gasteiger partial charge in [-0.25, -0.2) is 9.97 Å². The summed E-state index contributed by atoms with van der Waals surface area (Å²) in [5.41, 5.74) is 3.25. The Kier molecular flexibility index (Phi) is 3.77. The maximum absolute atomic E-state index is 4.53. The van der Waals surface area contributed by atoms with E-state index in [4.69, 9.17) is 0 Å². The van der Waals surface area contributed by atoms with Gasteiger partial charge < -0.3 is 5.32 Å². The molecule has 0 bridgehead atoms. The Morgan fingerprint density at radius 1 is 1.10 bits per heavy atom. The molecule has 4 heteroatoms. The standard InChI is InChI=1S/C17H18N4/c1-3-13-16(20-11-21-17(13)19-4-2)14-7-5-6-12-8-9-18-10-15(12)14/h5-11H,3-4H2,1-2H3,(H,19,20,21). The smallest absolute Gasteiger partial charge is 0.133 e. The van der Waals surface area contributed by atoms with Crippen molar-refractivity contribution >= 4 is 16.6 Å². The van der Waals surface area contributed by atoms with Gasteiger partial charge in [-0.2, -0.15) is 0 Å². The van der Waals surface area contributed by atoms with E-state index in [0.29, 0.717) is 0 Å². The highest BCUT2D eigenvalue weighted by Crippen LogP contribution is 2.31. The predicted molar refractivity (Wildman–Crippen MR) is 86.3 cm³/mol. The maximum Gasteiger partial charge on any atom is 0.133 e. The molecule has 0 saturated carbocycles. The minimum absolute atomic E-state index is 0.848. The van der Waals surface area contributed by atoms with Crippen LogP contribution in [0, 0.1) is 0 Å². The molecule has 0 aliphatic rings.